The third kappa shape index (κ3) is 4.35. The molecular formula is C15H18N2O2S. The van der Waals surface area contributed by atoms with E-state index in [1.807, 2.05) is 5.38 Å². The van der Waals surface area contributed by atoms with Crippen molar-refractivity contribution in [2.45, 2.75) is 26.4 Å². The van der Waals surface area contributed by atoms with Crippen LogP contribution in [-0.4, -0.2) is 17.4 Å². The monoisotopic (exact) mass is 290 g/mol. The van der Waals surface area contributed by atoms with Crippen molar-refractivity contribution < 1.29 is 9.53 Å². The molecule has 0 aliphatic heterocycles. The highest BCUT2D eigenvalue weighted by molar-refractivity contribution is 7.07. The van der Waals surface area contributed by atoms with Crippen LogP contribution in [-0.2, 0) is 6.61 Å². The Morgan fingerprint density at radius 1 is 1.35 bits per heavy atom. The molecule has 0 atom stereocenters. The lowest BCUT2D eigenvalue weighted by molar-refractivity contribution is 0.0953. The summed E-state index contributed by atoms with van der Waals surface area (Å²) in [6, 6.07) is 7.16. The second-order valence-electron chi connectivity index (χ2n) is 4.40. The van der Waals surface area contributed by atoms with E-state index in [9.17, 15) is 4.79 Å². The molecule has 0 radical (unpaired) electrons. The molecule has 0 aliphatic carbocycles. The van der Waals surface area contributed by atoms with E-state index in [0.29, 0.717) is 12.2 Å². The van der Waals surface area contributed by atoms with Crippen LogP contribution >= 0.6 is 11.3 Å². The molecule has 4 nitrogen and oxygen atoms in total. The molecule has 2 rings (SSSR count). The molecule has 1 N–H and O–H groups in total. The summed E-state index contributed by atoms with van der Waals surface area (Å²) >= 11 is 1.55. The van der Waals surface area contributed by atoms with Gasteiger partial charge in [0.2, 0.25) is 0 Å². The van der Waals surface area contributed by atoms with Gasteiger partial charge in [0, 0.05) is 17.5 Å². The number of ether oxygens (including phenoxy) is 1. The molecule has 20 heavy (non-hydrogen) atoms. The minimum Gasteiger partial charge on any atom is -0.487 e. The highest BCUT2D eigenvalue weighted by Crippen LogP contribution is 2.14. The van der Waals surface area contributed by atoms with E-state index in [-0.39, 0.29) is 5.91 Å². The predicted octanol–water partition coefficient (Wildman–Crippen LogP) is 3.25. The summed E-state index contributed by atoms with van der Waals surface area (Å²) in [6.45, 7) is 3.27. The van der Waals surface area contributed by atoms with Gasteiger partial charge in [-0.25, -0.2) is 4.98 Å². The summed E-state index contributed by atoms with van der Waals surface area (Å²) in [5.41, 5.74) is 3.35. The van der Waals surface area contributed by atoms with E-state index in [2.05, 4.69) is 17.2 Å². The van der Waals surface area contributed by atoms with E-state index in [4.69, 9.17) is 4.74 Å². The van der Waals surface area contributed by atoms with Crippen LogP contribution < -0.4 is 10.1 Å². The fourth-order valence-corrected chi connectivity index (χ4v) is 2.19. The maximum atomic E-state index is 11.8. The molecule has 0 aliphatic rings. The number of aromatic nitrogens is 1. The molecule has 106 valence electrons. The Morgan fingerprint density at radius 3 is 2.80 bits per heavy atom. The highest BCUT2D eigenvalue weighted by atomic mass is 32.1. The van der Waals surface area contributed by atoms with Crippen molar-refractivity contribution in [3.63, 3.8) is 0 Å². The molecule has 1 aromatic heterocycles. The molecule has 0 bridgehead atoms. The van der Waals surface area contributed by atoms with E-state index >= 15 is 0 Å². The number of benzene rings is 1. The van der Waals surface area contributed by atoms with Gasteiger partial charge in [0.25, 0.3) is 5.91 Å². The van der Waals surface area contributed by atoms with Gasteiger partial charge in [-0.05, 0) is 30.7 Å². The molecule has 5 heteroatoms. The van der Waals surface area contributed by atoms with Crippen molar-refractivity contribution in [1.82, 2.24) is 10.3 Å². The maximum Gasteiger partial charge on any atom is 0.251 e. The van der Waals surface area contributed by atoms with Crippen molar-refractivity contribution in [3.8, 4) is 5.75 Å². The van der Waals surface area contributed by atoms with Gasteiger partial charge in [-0.15, -0.1) is 11.3 Å². The Bertz CT molecular complexity index is 523. The lowest BCUT2D eigenvalue weighted by Crippen LogP contribution is -2.24. The third-order valence-corrected chi connectivity index (χ3v) is 3.44. The molecule has 1 heterocycles. The Labute approximate surface area is 122 Å². The van der Waals surface area contributed by atoms with Crippen LogP contribution in [0.3, 0.4) is 0 Å². The normalized spacial score (nSPS) is 10.2. The summed E-state index contributed by atoms with van der Waals surface area (Å²) in [4.78, 5) is 16.0. The maximum absolute atomic E-state index is 11.8. The summed E-state index contributed by atoms with van der Waals surface area (Å²) in [6.07, 6.45) is 2.07. The zero-order valence-electron chi connectivity index (χ0n) is 11.5. The first-order valence-corrected chi connectivity index (χ1v) is 7.62. The van der Waals surface area contributed by atoms with Crippen molar-refractivity contribution in [2.75, 3.05) is 6.54 Å². The largest absolute Gasteiger partial charge is 0.487 e. The van der Waals surface area contributed by atoms with E-state index < -0.39 is 0 Å². The van der Waals surface area contributed by atoms with E-state index in [1.165, 1.54) is 0 Å². The first-order valence-electron chi connectivity index (χ1n) is 6.67. The minimum atomic E-state index is -0.0375. The number of carbonyl (C=O) groups is 1. The second kappa shape index (κ2) is 7.65. The minimum absolute atomic E-state index is 0.0375. The number of thiazole rings is 1. The lowest BCUT2D eigenvalue weighted by Gasteiger charge is -2.07. The Morgan fingerprint density at radius 2 is 2.15 bits per heavy atom. The average Bonchev–Trinajstić information content (AvgIpc) is 2.99. The Hall–Kier alpha value is -1.88. The summed E-state index contributed by atoms with van der Waals surface area (Å²) in [7, 11) is 0. The quantitative estimate of drug-likeness (QED) is 0.796. The molecule has 0 saturated heterocycles. The standard InChI is InChI=1S/C15H18N2O2S/c1-2-3-8-16-15(18)12-4-6-14(7-5-12)19-9-13-10-20-11-17-13/h4-7,10-11H,2-3,8-9H2,1H3,(H,16,18). The Kier molecular flexibility index (Phi) is 5.55. The molecule has 0 unspecified atom stereocenters. The van der Waals surface area contributed by atoms with Crippen LogP contribution in [0.2, 0.25) is 0 Å². The zero-order chi connectivity index (χ0) is 14.2. The summed E-state index contributed by atoms with van der Waals surface area (Å²) < 4.78 is 5.60. The lowest BCUT2D eigenvalue weighted by atomic mass is 10.2. The van der Waals surface area contributed by atoms with Gasteiger partial charge in [-0.2, -0.15) is 0 Å². The number of carbonyl (C=O) groups excluding carboxylic acids is 1. The van der Waals surface area contributed by atoms with Gasteiger partial charge in [0.15, 0.2) is 0 Å². The predicted molar refractivity (Wildman–Crippen MR) is 80.1 cm³/mol. The number of nitrogens with one attached hydrogen (secondary N) is 1. The molecule has 0 fully saturated rings. The van der Waals surface area contributed by atoms with Crippen LogP contribution in [0, 0.1) is 0 Å². The average molecular weight is 290 g/mol. The van der Waals surface area contributed by atoms with Gasteiger partial charge < -0.3 is 10.1 Å². The van der Waals surface area contributed by atoms with Gasteiger partial charge in [-0.1, -0.05) is 13.3 Å². The summed E-state index contributed by atoms with van der Waals surface area (Å²) in [5, 5.41) is 4.84. The van der Waals surface area contributed by atoms with E-state index in [0.717, 1.165) is 30.8 Å². The number of nitrogens with zero attached hydrogens (tertiary/aromatic N) is 1. The van der Waals surface area contributed by atoms with Gasteiger partial charge in [0.1, 0.15) is 12.4 Å². The van der Waals surface area contributed by atoms with Crippen LogP contribution in [0.5, 0.6) is 5.75 Å². The molecule has 2 aromatic rings. The SMILES string of the molecule is CCCCNC(=O)c1ccc(OCc2cscn2)cc1. The smallest absolute Gasteiger partial charge is 0.251 e. The Balaban J connectivity index is 1.84. The number of rotatable bonds is 7. The first kappa shape index (κ1) is 14.5. The van der Waals surface area contributed by atoms with Gasteiger partial charge >= 0.3 is 0 Å². The molecule has 1 amide bonds. The van der Waals surface area contributed by atoms with Crippen molar-refractivity contribution >= 4 is 17.2 Å². The first-order chi connectivity index (χ1) is 9.79. The molecule has 0 saturated carbocycles. The highest BCUT2D eigenvalue weighted by Gasteiger charge is 2.05. The van der Waals surface area contributed by atoms with Crippen molar-refractivity contribution in [3.05, 3.63) is 46.4 Å². The van der Waals surface area contributed by atoms with Crippen LogP contribution in [0.4, 0.5) is 0 Å². The summed E-state index contributed by atoms with van der Waals surface area (Å²) in [5.74, 6) is 0.701. The zero-order valence-corrected chi connectivity index (χ0v) is 12.3. The van der Waals surface area contributed by atoms with Gasteiger partial charge in [-0.3, -0.25) is 4.79 Å². The molecular weight excluding hydrogens is 272 g/mol. The topological polar surface area (TPSA) is 51.2 Å². The van der Waals surface area contributed by atoms with Crippen LogP contribution in [0.1, 0.15) is 35.8 Å². The van der Waals surface area contributed by atoms with Gasteiger partial charge in [0.05, 0.1) is 11.2 Å². The number of unbranched alkanes of at least 4 members (excludes halogenated alkanes) is 1. The van der Waals surface area contributed by atoms with Crippen molar-refractivity contribution in [1.29, 1.82) is 0 Å². The molecule has 0 spiro atoms. The van der Waals surface area contributed by atoms with Crippen LogP contribution in [0.15, 0.2) is 35.2 Å². The number of hydrogen-bond donors (Lipinski definition) is 1. The number of amides is 1. The fraction of sp³-hybridized carbons (Fsp3) is 0.333. The fourth-order valence-electron chi connectivity index (χ4n) is 1.65. The second-order valence-corrected chi connectivity index (χ2v) is 5.12. The van der Waals surface area contributed by atoms with Crippen molar-refractivity contribution in [2.24, 2.45) is 0 Å². The number of hydrogen-bond acceptors (Lipinski definition) is 4. The van der Waals surface area contributed by atoms with Crippen LogP contribution in [0.25, 0.3) is 0 Å². The third-order valence-electron chi connectivity index (χ3n) is 2.80. The van der Waals surface area contributed by atoms with E-state index in [1.54, 1.807) is 41.1 Å². The molecule has 1 aromatic carbocycles.